The van der Waals surface area contributed by atoms with Crippen molar-refractivity contribution in [2.45, 2.75) is 26.8 Å². The molecule has 0 aliphatic carbocycles. The normalized spacial score (nSPS) is 12.6. The molecule has 1 heterocycles. The number of aryl methyl sites for hydroxylation is 2. The van der Waals surface area contributed by atoms with E-state index in [1.165, 1.54) is 16.7 Å². The van der Waals surface area contributed by atoms with Gasteiger partial charge in [0.05, 0.1) is 12.3 Å². The minimum absolute atomic E-state index is 0.147. The number of rotatable bonds is 4. The number of hydrogen-bond acceptors (Lipinski definition) is 2. The molecule has 2 rings (SSSR count). The first-order valence-corrected chi connectivity index (χ1v) is 6.05. The molecule has 1 aromatic heterocycles. The molecule has 0 radical (unpaired) electrons. The maximum atomic E-state index is 5.52. The van der Waals surface area contributed by atoms with Crippen LogP contribution in [-0.2, 0) is 0 Å². The first kappa shape index (κ1) is 11.9. The highest BCUT2D eigenvalue weighted by Crippen LogP contribution is 2.24. The van der Waals surface area contributed by atoms with E-state index >= 15 is 0 Å². The van der Waals surface area contributed by atoms with Crippen molar-refractivity contribution in [3.8, 4) is 0 Å². The lowest BCUT2D eigenvalue weighted by Crippen LogP contribution is -2.21. The Hall–Kier alpha value is -1.54. The smallest absolute Gasteiger partial charge is 0.125 e. The van der Waals surface area contributed by atoms with Gasteiger partial charge in [-0.25, -0.2) is 0 Å². The third-order valence-electron chi connectivity index (χ3n) is 2.81. The molecule has 0 saturated heterocycles. The molecule has 0 bridgehead atoms. The molecule has 2 aromatic rings. The topological polar surface area (TPSA) is 25.2 Å². The van der Waals surface area contributed by atoms with Crippen LogP contribution in [0.25, 0.3) is 0 Å². The molecule has 1 N–H and O–H groups in total. The second kappa shape index (κ2) is 5.19. The minimum atomic E-state index is 0.147. The zero-order valence-electron chi connectivity index (χ0n) is 10.7. The van der Waals surface area contributed by atoms with E-state index in [4.69, 9.17) is 4.42 Å². The zero-order valence-corrected chi connectivity index (χ0v) is 10.7. The first-order chi connectivity index (χ1) is 8.20. The predicted molar refractivity (Wildman–Crippen MR) is 70.1 cm³/mol. The van der Waals surface area contributed by atoms with Crippen LogP contribution in [0.2, 0.25) is 0 Å². The molecule has 90 valence electrons. The van der Waals surface area contributed by atoms with E-state index < -0.39 is 0 Å². The lowest BCUT2D eigenvalue weighted by atomic mass is 9.99. The van der Waals surface area contributed by atoms with Gasteiger partial charge in [-0.2, -0.15) is 0 Å². The summed E-state index contributed by atoms with van der Waals surface area (Å²) in [5.74, 6) is 0.969. The maximum absolute atomic E-state index is 5.52. The van der Waals surface area contributed by atoms with Crippen LogP contribution in [0.3, 0.4) is 0 Å². The molecular weight excluding hydrogens is 210 g/mol. The minimum Gasteiger partial charge on any atom is -0.467 e. The van der Waals surface area contributed by atoms with E-state index in [1.54, 1.807) is 6.26 Å². The molecule has 0 aliphatic rings. The molecule has 0 saturated carbocycles. The molecule has 2 nitrogen and oxygen atoms in total. The summed E-state index contributed by atoms with van der Waals surface area (Å²) in [5.41, 5.74) is 3.84. The molecule has 0 fully saturated rings. The van der Waals surface area contributed by atoms with Crippen LogP contribution in [0.5, 0.6) is 0 Å². The summed E-state index contributed by atoms with van der Waals surface area (Å²) in [4.78, 5) is 0. The molecule has 1 unspecified atom stereocenters. The van der Waals surface area contributed by atoms with Gasteiger partial charge in [-0.05, 0) is 38.1 Å². The molecule has 2 heteroatoms. The standard InChI is InChI=1S/C15H19NO/c1-4-16-15(14-6-5-7-17-14)13-9-11(2)8-12(3)10-13/h5-10,15-16H,4H2,1-3H3. The van der Waals surface area contributed by atoms with Crippen LogP contribution in [0, 0.1) is 13.8 Å². The van der Waals surface area contributed by atoms with E-state index in [1.807, 2.05) is 12.1 Å². The molecule has 1 aromatic carbocycles. The van der Waals surface area contributed by atoms with Crippen LogP contribution < -0.4 is 5.32 Å². The van der Waals surface area contributed by atoms with Crippen molar-refractivity contribution >= 4 is 0 Å². The van der Waals surface area contributed by atoms with Gasteiger partial charge in [-0.3, -0.25) is 0 Å². The summed E-state index contributed by atoms with van der Waals surface area (Å²) < 4.78 is 5.52. The first-order valence-electron chi connectivity index (χ1n) is 6.05. The van der Waals surface area contributed by atoms with Crippen LogP contribution in [0.15, 0.2) is 41.0 Å². The highest BCUT2D eigenvalue weighted by molar-refractivity contribution is 5.34. The van der Waals surface area contributed by atoms with E-state index in [0.29, 0.717) is 0 Å². The number of hydrogen-bond donors (Lipinski definition) is 1. The van der Waals surface area contributed by atoms with Gasteiger partial charge in [0.25, 0.3) is 0 Å². The van der Waals surface area contributed by atoms with Gasteiger partial charge in [0.2, 0.25) is 0 Å². The summed E-state index contributed by atoms with van der Waals surface area (Å²) in [7, 11) is 0. The molecule has 0 spiro atoms. The van der Waals surface area contributed by atoms with Crippen molar-refractivity contribution in [2.24, 2.45) is 0 Å². The van der Waals surface area contributed by atoms with E-state index in [2.05, 4.69) is 44.3 Å². The lowest BCUT2D eigenvalue weighted by Gasteiger charge is -2.17. The zero-order chi connectivity index (χ0) is 12.3. The molecule has 1 atom stereocenters. The monoisotopic (exact) mass is 229 g/mol. The van der Waals surface area contributed by atoms with Crippen LogP contribution in [0.4, 0.5) is 0 Å². The van der Waals surface area contributed by atoms with Crippen molar-refractivity contribution in [1.82, 2.24) is 5.32 Å². The number of nitrogens with one attached hydrogen (secondary N) is 1. The van der Waals surface area contributed by atoms with Gasteiger partial charge in [0.15, 0.2) is 0 Å². The van der Waals surface area contributed by atoms with E-state index in [0.717, 1.165) is 12.3 Å². The maximum Gasteiger partial charge on any atom is 0.125 e. The third kappa shape index (κ3) is 2.77. The van der Waals surface area contributed by atoms with Gasteiger partial charge in [-0.15, -0.1) is 0 Å². The van der Waals surface area contributed by atoms with Gasteiger partial charge < -0.3 is 9.73 Å². The third-order valence-corrected chi connectivity index (χ3v) is 2.81. The number of furan rings is 1. The predicted octanol–water partition coefficient (Wildman–Crippen LogP) is 3.60. The van der Waals surface area contributed by atoms with Crippen molar-refractivity contribution in [1.29, 1.82) is 0 Å². The SMILES string of the molecule is CCNC(c1cc(C)cc(C)c1)c1ccco1. The average molecular weight is 229 g/mol. The highest BCUT2D eigenvalue weighted by Gasteiger charge is 2.15. The fourth-order valence-corrected chi connectivity index (χ4v) is 2.22. The molecule has 0 aliphatic heterocycles. The largest absolute Gasteiger partial charge is 0.467 e. The van der Waals surface area contributed by atoms with Crippen molar-refractivity contribution in [2.75, 3.05) is 6.54 Å². The van der Waals surface area contributed by atoms with Crippen molar-refractivity contribution < 1.29 is 4.42 Å². The summed E-state index contributed by atoms with van der Waals surface area (Å²) in [6, 6.07) is 10.7. The Morgan fingerprint density at radius 1 is 1.18 bits per heavy atom. The molecule has 17 heavy (non-hydrogen) atoms. The molecular formula is C15H19NO. The van der Waals surface area contributed by atoms with Crippen LogP contribution in [0.1, 0.15) is 35.4 Å². The fraction of sp³-hybridized carbons (Fsp3) is 0.333. The van der Waals surface area contributed by atoms with Crippen molar-refractivity contribution in [3.63, 3.8) is 0 Å². The summed E-state index contributed by atoms with van der Waals surface area (Å²) >= 11 is 0. The lowest BCUT2D eigenvalue weighted by molar-refractivity contribution is 0.452. The molecule has 0 amide bonds. The second-order valence-corrected chi connectivity index (χ2v) is 4.43. The Balaban J connectivity index is 2.38. The number of benzene rings is 1. The van der Waals surface area contributed by atoms with Gasteiger partial charge in [0.1, 0.15) is 5.76 Å². The summed E-state index contributed by atoms with van der Waals surface area (Å²) in [5, 5.41) is 3.46. The summed E-state index contributed by atoms with van der Waals surface area (Å²) in [6.45, 7) is 7.28. The Bertz CT molecular complexity index is 453. The second-order valence-electron chi connectivity index (χ2n) is 4.43. The van der Waals surface area contributed by atoms with Crippen molar-refractivity contribution in [3.05, 3.63) is 59.0 Å². The Labute approximate surface area is 103 Å². The van der Waals surface area contributed by atoms with E-state index in [9.17, 15) is 0 Å². The Morgan fingerprint density at radius 3 is 2.41 bits per heavy atom. The Morgan fingerprint density at radius 2 is 1.88 bits per heavy atom. The Kier molecular flexibility index (Phi) is 3.64. The van der Waals surface area contributed by atoms with Crippen LogP contribution in [-0.4, -0.2) is 6.54 Å². The van der Waals surface area contributed by atoms with Gasteiger partial charge in [0, 0.05) is 0 Å². The van der Waals surface area contributed by atoms with Gasteiger partial charge in [-0.1, -0.05) is 36.2 Å². The fourth-order valence-electron chi connectivity index (χ4n) is 2.22. The van der Waals surface area contributed by atoms with E-state index in [-0.39, 0.29) is 6.04 Å². The quantitative estimate of drug-likeness (QED) is 0.866. The highest BCUT2D eigenvalue weighted by atomic mass is 16.3. The summed E-state index contributed by atoms with van der Waals surface area (Å²) in [6.07, 6.45) is 1.72. The van der Waals surface area contributed by atoms with Gasteiger partial charge >= 0.3 is 0 Å². The van der Waals surface area contributed by atoms with Crippen LogP contribution >= 0.6 is 0 Å². The average Bonchev–Trinajstić information content (AvgIpc) is 2.77.